The number of nitrogens with one attached hydrogen (secondary N) is 1. The number of halogens is 1. The summed E-state index contributed by atoms with van der Waals surface area (Å²) in [5, 5.41) is 8.05. The Hall–Kier alpha value is -1.13. The van der Waals surface area contributed by atoms with Gasteiger partial charge in [-0.25, -0.2) is 0 Å². The average molecular weight is 334 g/mol. The van der Waals surface area contributed by atoms with Crippen LogP contribution in [0.2, 0.25) is 0 Å². The van der Waals surface area contributed by atoms with Gasteiger partial charge in [0.05, 0.1) is 15.9 Å². The SMILES string of the molecule is CCn1nc(C)c(Br)c1CC1(c2ccccc2)CNC1. The zero-order valence-corrected chi connectivity index (χ0v) is 13.6. The van der Waals surface area contributed by atoms with E-state index in [1.54, 1.807) is 0 Å². The highest BCUT2D eigenvalue weighted by atomic mass is 79.9. The number of benzene rings is 1. The maximum atomic E-state index is 4.61. The Labute approximate surface area is 128 Å². The lowest BCUT2D eigenvalue weighted by Crippen LogP contribution is -2.58. The number of nitrogens with zero attached hydrogens (tertiary/aromatic N) is 2. The third-order valence-corrected chi connectivity index (χ3v) is 5.30. The van der Waals surface area contributed by atoms with Crippen molar-refractivity contribution in [2.75, 3.05) is 13.1 Å². The number of hydrogen-bond donors (Lipinski definition) is 1. The summed E-state index contributed by atoms with van der Waals surface area (Å²) in [6.07, 6.45) is 1.03. The minimum absolute atomic E-state index is 0.211. The Morgan fingerprint density at radius 3 is 2.55 bits per heavy atom. The van der Waals surface area contributed by atoms with E-state index in [2.05, 4.69) is 75.2 Å². The van der Waals surface area contributed by atoms with Crippen LogP contribution in [0.1, 0.15) is 23.9 Å². The van der Waals surface area contributed by atoms with Gasteiger partial charge in [-0.3, -0.25) is 4.68 Å². The Balaban J connectivity index is 1.97. The minimum Gasteiger partial charge on any atom is -0.315 e. The van der Waals surface area contributed by atoms with Gasteiger partial charge in [-0.2, -0.15) is 5.10 Å². The van der Waals surface area contributed by atoms with Crippen LogP contribution in [-0.2, 0) is 18.4 Å². The number of aryl methyl sites for hydroxylation is 2. The normalized spacial score (nSPS) is 16.9. The van der Waals surface area contributed by atoms with Crippen molar-refractivity contribution in [1.29, 1.82) is 0 Å². The average Bonchev–Trinajstić information content (AvgIpc) is 2.71. The van der Waals surface area contributed by atoms with Gasteiger partial charge < -0.3 is 5.32 Å². The molecule has 0 aliphatic carbocycles. The summed E-state index contributed by atoms with van der Waals surface area (Å²) in [7, 11) is 0. The van der Waals surface area contributed by atoms with Crippen LogP contribution >= 0.6 is 15.9 Å². The molecular weight excluding hydrogens is 314 g/mol. The van der Waals surface area contributed by atoms with Gasteiger partial charge in [0.1, 0.15) is 0 Å². The first-order valence-electron chi connectivity index (χ1n) is 7.14. The Morgan fingerprint density at radius 1 is 1.30 bits per heavy atom. The smallest absolute Gasteiger partial charge is 0.0738 e. The molecule has 3 rings (SSSR count). The molecule has 2 heterocycles. The van der Waals surface area contributed by atoms with Gasteiger partial charge in [0.15, 0.2) is 0 Å². The van der Waals surface area contributed by atoms with Crippen LogP contribution in [0.4, 0.5) is 0 Å². The summed E-state index contributed by atoms with van der Waals surface area (Å²) in [6.45, 7) is 7.21. The number of rotatable bonds is 4. The molecule has 2 aromatic rings. The van der Waals surface area contributed by atoms with Crippen molar-refractivity contribution in [2.45, 2.75) is 32.2 Å². The molecule has 1 aliphatic rings. The predicted octanol–water partition coefficient (Wildman–Crippen LogP) is 3.06. The minimum atomic E-state index is 0.211. The molecule has 20 heavy (non-hydrogen) atoms. The van der Waals surface area contributed by atoms with Crippen molar-refractivity contribution in [1.82, 2.24) is 15.1 Å². The molecule has 1 saturated heterocycles. The standard InChI is InChI=1S/C16H20BrN3/c1-3-20-14(15(17)12(2)19-20)9-16(10-18-11-16)13-7-5-4-6-8-13/h4-8,18H,3,9-11H2,1-2H3. The summed E-state index contributed by atoms with van der Waals surface area (Å²) < 4.78 is 3.30. The van der Waals surface area contributed by atoms with Crippen LogP contribution in [0.25, 0.3) is 0 Å². The second kappa shape index (κ2) is 5.34. The van der Waals surface area contributed by atoms with Crippen LogP contribution in [0.15, 0.2) is 34.8 Å². The monoisotopic (exact) mass is 333 g/mol. The second-order valence-corrected chi connectivity index (χ2v) is 6.38. The van der Waals surface area contributed by atoms with Crippen molar-refractivity contribution in [3.05, 3.63) is 51.8 Å². The summed E-state index contributed by atoms with van der Waals surface area (Å²) in [5.41, 5.74) is 4.03. The maximum absolute atomic E-state index is 4.61. The molecule has 4 heteroatoms. The van der Waals surface area contributed by atoms with Gasteiger partial charge in [0.25, 0.3) is 0 Å². The quantitative estimate of drug-likeness (QED) is 0.931. The molecule has 0 atom stereocenters. The van der Waals surface area contributed by atoms with Crippen molar-refractivity contribution in [3.63, 3.8) is 0 Å². The Kier molecular flexibility index (Phi) is 3.69. The lowest BCUT2D eigenvalue weighted by molar-refractivity contribution is 0.268. The van der Waals surface area contributed by atoms with Crippen molar-refractivity contribution < 1.29 is 0 Å². The summed E-state index contributed by atoms with van der Waals surface area (Å²) in [5.74, 6) is 0. The van der Waals surface area contributed by atoms with Crippen molar-refractivity contribution in [2.24, 2.45) is 0 Å². The fourth-order valence-electron chi connectivity index (χ4n) is 3.01. The number of hydrogen-bond acceptors (Lipinski definition) is 2. The second-order valence-electron chi connectivity index (χ2n) is 5.59. The van der Waals surface area contributed by atoms with E-state index in [0.29, 0.717) is 0 Å². The molecule has 0 unspecified atom stereocenters. The maximum Gasteiger partial charge on any atom is 0.0738 e. The summed E-state index contributed by atoms with van der Waals surface area (Å²) in [4.78, 5) is 0. The van der Waals surface area contributed by atoms with Crippen LogP contribution in [0.3, 0.4) is 0 Å². The molecular formula is C16H20BrN3. The Morgan fingerprint density at radius 2 is 2.00 bits per heavy atom. The molecule has 0 amide bonds. The van der Waals surface area contributed by atoms with Gasteiger partial charge in [-0.05, 0) is 35.3 Å². The van der Waals surface area contributed by atoms with E-state index in [0.717, 1.165) is 31.7 Å². The first-order valence-corrected chi connectivity index (χ1v) is 7.93. The molecule has 1 aliphatic heterocycles. The van der Waals surface area contributed by atoms with Crippen molar-refractivity contribution in [3.8, 4) is 0 Å². The van der Waals surface area contributed by atoms with E-state index in [4.69, 9.17) is 0 Å². The van der Waals surface area contributed by atoms with Crippen LogP contribution < -0.4 is 5.32 Å². The van der Waals surface area contributed by atoms with E-state index in [1.807, 2.05) is 0 Å². The molecule has 1 aromatic heterocycles. The zero-order valence-electron chi connectivity index (χ0n) is 12.0. The molecule has 1 N–H and O–H groups in total. The van der Waals surface area contributed by atoms with Gasteiger partial charge in [0.2, 0.25) is 0 Å². The van der Waals surface area contributed by atoms with E-state index in [-0.39, 0.29) is 5.41 Å². The highest BCUT2D eigenvalue weighted by molar-refractivity contribution is 9.10. The fourth-order valence-corrected chi connectivity index (χ4v) is 3.43. The first-order chi connectivity index (χ1) is 9.66. The lowest BCUT2D eigenvalue weighted by Gasteiger charge is -2.43. The molecule has 0 saturated carbocycles. The summed E-state index contributed by atoms with van der Waals surface area (Å²) in [6, 6.07) is 10.8. The topological polar surface area (TPSA) is 29.9 Å². The van der Waals surface area contributed by atoms with Crippen LogP contribution in [0, 0.1) is 6.92 Å². The van der Waals surface area contributed by atoms with Crippen LogP contribution in [0.5, 0.6) is 0 Å². The van der Waals surface area contributed by atoms with E-state index in [9.17, 15) is 0 Å². The zero-order chi connectivity index (χ0) is 14.2. The third-order valence-electron chi connectivity index (χ3n) is 4.27. The van der Waals surface area contributed by atoms with E-state index < -0.39 is 0 Å². The lowest BCUT2D eigenvalue weighted by atomic mass is 9.72. The first kappa shape index (κ1) is 13.8. The van der Waals surface area contributed by atoms with Gasteiger partial charge in [0, 0.05) is 31.5 Å². The van der Waals surface area contributed by atoms with Gasteiger partial charge >= 0.3 is 0 Å². The molecule has 1 aromatic carbocycles. The largest absolute Gasteiger partial charge is 0.315 e. The highest BCUT2D eigenvalue weighted by Gasteiger charge is 2.40. The number of aromatic nitrogens is 2. The molecule has 106 valence electrons. The fraction of sp³-hybridized carbons (Fsp3) is 0.438. The molecule has 0 spiro atoms. The van der Waals surface area contributed by atoms with Crippen molar-refractivity contribution >= 4 is 15.9 Å². The molecule has 0 radical (unpaired) electrons. The van der Waals surface area contributed by atoms with Gasteiger partial charge in [-0.15, -0.1) is 0 Å². The molecule has 3 nitrogen and oxygen atoms in total. The molecule has 0 bridgehead atoms. The third kappa shape index (κ3) is 2.21. The highest BCUT2D eigenvalue weighted by Crippen LogP contribution is 2.35. The van der Waals surface area contributed by atoms with E-state index >= 15 is 0 Å². The summed E-state index contributed by atoms with van der Waals surface area (Å²) >= 11 is 3.72. The Bertz CT molecular complexity index is 600. The van der Waals surface area contributed by atoms with Gasteiger partial charge in [-0.1, -0.05) is 30.3 Å². The van der Waals surface area contributed by atoms with Crippen LogP contribution in [-0.4, -0.2) is 22.9 Å². The predicted molar refractivity (Wildman–Crippen MR) is 85.0 cm³/mol. The molecule has 1 fully saturated rings. The van der Waals surface area contributed by atoms with E-state index in [1.165, 1.54) is 15.7 Å².